The molecule has 0 fully saturated rings. The Kier molecular flexibility index (Phi) is 4.85. The first-order valence-electron chi connectivity index (χ1n) is 7.12. The average Bonchev–Trinajstić information content (AvgIpc) is 2.80. The minimum Gasteiger partial charge on any atom is -0.497 e. The lowest BCUT2D eigenvalue weighted by Gasteiger charge is -2.09. The molecule has 0 bridgehead atoms. The molecule has 0 spiro atoms. The van der Waals surface area contributed by atoms with Crippen LogP contribution in [0.1, 0.15) is 22.5 Å². The van der Waals surface area contributed by atoms with Gasteiger partial charge in [0.1, 0.15) is 11.4 Å². The first-order chi connectivity index (χ1) is 10.0. The zero-order valence-electron chi connectivity index (χ0n) is 13.1. The highest BCUT2D eigenvalue weighted by Gasteiger charge is 2.14. The Morgan fingerprint density at radius 1 is 1.38 bits per heavy atom. The van der Waals surface area contributed by atoms with E-state index >= 15 is 0 Å². The van der Waals surface area contributed by atoms with Crippen LogP contribution in [0.25, 0.3) is 10.9 Å². The van der Waals surface area contributed by atoms with Crippen molar-refractivity contribution in [1.82, 2.24) is 15.2 Å². The van der Waals surface area contributed by atoms with Gasteiger partial charge in [-0.3, -0.25) is 4.79 Å². The molecule has 0 saturated heterocycles. The van der Waals surface area contributed by atoms with Gasteiger partial charge >= 0.3 is 0 Å². The van der Waals surface area contributed by atoms with Gasteiger partial charge in [0, 0.05) is 17.4 Å². The summed E-state index contributed by atoms with van der Waals surface area (Å²) in [7, 11) is 5.69. The normalized spacial score (nSPS) is 11.1. The summed E-state index contributed by atoms with van der Waals surface area (Å²) in [6.45, 7) is 3.59. The van der Waals surface area contributed by atoms with E-state index in [-0.39, 0.29) is 5.91 Å². The largest absolute Gasteiger partial charge is 0.497 e. The molecule has 0 saturated carbocycles. The standard InChI is InChI=1S/C16H23N3O2/c1-11-13-10-12(21-4)6-7-14(13)18-15(11)16(20)17-8-5-9-19(2)3/h6-7,10,18H,5,8-9H2,1-4H3,(H,17,20). The van der Waals surface area contributed by atoms with Gasteiger partial charge < -0.3 is 19.9 Å². The van der Waals surface area contributed by atoms with E-state index < -0.39 is 0 Å². The van der Waals surface area contributed by atoms with Crippen LogP contribution in [0.2, 0.25) is 0 Å². The second kappa shape index (κ2) is 6.63. The maximum atomic E-state index is 12.2. The van der Waals surface area contributed by atoms with Gasteiger partial charge in [0.05, 0.1) is 7.11 Å². The number of aromatic nitrogens is 1. The Hall–Kier alpha value is -2.01. The predicted octanol–water partition coefficient (Wildman–Crippen LogP) is 2.17. The summed E-state index contributed by atoms with van der Waals surface area (Å²) in [5, 5.41) is 3.98. The quantitative estimate of drug-likeness (QED) is 0.801. The van der Waals surface area contributed by atoms with E-state index in [1.807, 2.05) is 39.2 Å². The number of H-pyrrole nitrogens is 1. The van der Waals surface area contributed by atoms with Crippen LogP contribution < -0.4 is 10.1 Å². The number of amides is 1. The van der Waals surface area contributed by atoms with Crippen molar-refractivity contribution in [2.24, 2.45) is 0 Å². The molecule has 0 radical (unpaired) electrons. The fourth-order valence-corrected chi connectivity index (χ4v) is 2.35. The van der Waals surface area contributed by atoms with Crippen LogP contribution in [0.5, 0.6) is 5.75 Å². The van der Waals surface area contributed by atoms with Crippen molar-refractivity contribution >= 4 is 16.8 Å². The van der Waals surface area contributed by atoms with Crippen molar-refractivity contribution in [3.63, 3.8) is 0 Å². The van der Waals surface area contributed by atoms with Gasteiger partial charge in [-0.15, -0.1) is 0 Å². The number of nitrogens with zero attached hydrogens (tertiary/aromatic N) is 1. The van der Waals surface area contributed by atoms with Crippen LogP contribution in [0.3, 0.4) is 0 Å². The topological polar surface area (TPSA) is 57.4 Å². The molecule has 2 rings (SSSR count). The molecule has 21 heavy (non-hydrogen) atoms. The van der Waals surface area contributed by atoms with Gasteiger partial charge in [0.2, 0.25) is 0 Å². The van der Waals surface area contributed by atoms with Gasteiger partial charge in [-0.2, -0.15) is 0 Å². The number of carbonyl (C=O) groups is 1. The number of methoxy groups -OCH3 is 1. The molecule has 0 atom stereocenters. The van der Waals surface area contributed by atoms with Gasteiger partial charge in [0.25, 0.3) is 5.91 Å². The Labute approximate surface area is 125 Å². The van der Waals surface area contributed by atoms with E-state index in [0.717, 1.165) is 35.2 Å². The number of fused-ring (bicyclic) bond motifs is 1. The molecule has 1 aromatic heterocycles. The van der Waals surface area contributed by atoms with Gasteiger partial charge in [-0.25, -0.2) is 0 Å². The van der Waals surface area contributed by atoms with E-state index in [1.165, 1.54) is 0 Å². The van der Waals surface area contributed by atoms with Crippen LogP contribution >= 0.6 is 0 Å². The Morgan fingerprint density at radius 3 is 2.81 bits per heavy atom. The summed E-state index contributed by atoms with van der Waals surface area (Å²) in [6.07, 6.45) is 0.936. The van der Waals surface area contributed by atoms with Crippen molar-refractivity contribution in [3.05, 3.63) is 29.5 Å². The van der Waals surface area contributed by atoms with E-state index in [9.17, 15) is 4.79 Å². The number of hydrogen-bond acceptors (Lipinski definition) is 3. The highest BCUT2D eigenvalue weighted by atomic mass is 16.5. The fourth-order valence-electron chi connectivity index (χ4n) is 2.35. The number of aryl methyl sites for hydroxylation is 1. The summed E-state index contributed by atoms with van der Waals surface area (Å²) in [4.78, 5) is 17.5. The molecule has 5 heteroatoms. The number of rotatable bonds is 6. The predicted molar refractivity (Wildman–Crippen MR) is 85.1 cm³/mol. The minimum atomic E-state index is -0.0542. The highest BCUT2D eigenvalue weighted by Crippen LogP contribution is 2.25. The number of benzene rings is 1. The van der Waals surface area contributed by atoms with Gasteiger partial charge in [0.15, 0.2) is 0 Å². The van der Waals surface area contributed by atoms with Crippen molar-refractivity contribution in [2.75, 3.05) is 34.3 Å². The zero-order chi connectivity index (χ0) is 15.4. The smallest absolute Gasteiger partial charge is 0.268 e. The maximum Gasteiger partial charge on any atom is 0.268 e. The first kappa shape index (κ1) is 15.4. The number of hydrogen-bond donors (Lipinski definition) is 2. The fraction of sp³-hybridized carbons (Fsp3) is 0.438. The second-order valence-corrected chi connectivity index (χ2v) is 5.45. The molecule has 1 heterocycles. The Balaban J connectivity index is 2.10. The third-order valence-corrected chi connectivity index (χ3v) is 3.56. The molecule has 1 amide bonds. The SMILES string of the molecule is COc1ccc2[nH]c(C(=O)NCCCN(C)C)c(C)c2c1. The van der Waals surface area contributed by atoms with Crippen LogP contribution in [0.15, 0.2) is 18.2 Å². The van der Waals surface area contributed by atoms with Crippen LogP contribution in [0, 0.1) is 6.92 Å². The molecule has 5 nitrogen and oxygen atoms in total. The lowest BCUT2D eigenvalue weighted by Crippen LogP contribution is -2.27. The van der Waals surface area contributed by atoms with E-state index in [1.54, 1.807) is 7.11 Å². The summed E-state index contributed by atoms with van der Waals surface area (Å²) in [6, 6.07) is 5.77. The molecule has 0 unspecified atom stereocenters. The molecule has 114 valence electrons. The Morgan fingerprint density at radius 2 is 2.14 bits per heavy atom. The third kappa shape index (κ3) is 3.55. The lowest BCUT2D eigenvalue weighted by atomic mass is 10.1. The minimum absolute atomic E-state index is 0.0542. The zero-order valence-corrected chi connectivity index (χ0v) is 13.1. The number of ether oxygens (including phenoxy) is 1. The molecular weight excluding hydrogens is 266 g/mol. The lowest BCUT2D eigenvalue weighted by molar-refractivity contribution is 0.0947. The van der Waals surface area contributed by atoms with Crippen molar-refractivity contribution in [3.8, 4) is 5.75 Å². The summed E-state index contributed by atoms with van der Waals surface area (Å²) in [5.41, 5.74) is 2.53. The van der Waals surface area contributed by atoms with Crippen molar-refractivity contribution in [1.29, 1.82) is 0 Å². The molecule has 2 N–H and O–H groups in total. The first-order valence-corrected chi connectivity index (χ1v) is 7.12. The van der Waals surface area contributed by atoms with E-state index in [0.29, 0.717) is 12.2 Å². The molecular formula is C16H23N3O2. The molecule has 0 aliphatic heterocycles. The van der Waals surface area contributed by atoms with Gasteiger partial charge in [-0.05, 0) is 57.7 Å². The second-order valence-electron chi connectivity index (χ2n) is 5.45. The van der Waals surface area contributed by atoms with Crippen molar-refractivity contribution in [2.45, 2.75) is 13.3 Å². The van der Waals surface area contributed by atoms with Crippen LogP contribution in [0.4, 0.5) is 0 Å². The summed E-state index contributed by atoms with van der Waals surface area (Å²) < 4.78 is 5.23. The number of carbonyl (C=O) groups excluding carboxylic acids is 1. The maximum absolute atomic E-state index is 12.2. The summed E-state index contributed by atoms with van der Waals surface area (Å²) >= 11 is 0. The summed E-state index contributed by atoms with van der Waals surface area (Å²) in [5.74, 6) is 0.740. The van der Waals surface area contributed by atoms with Crippen molar-refractivity contribution < 1.29 is 9.53 Å². The van der Waals surface area contributed by atoms with Crippen LogP contribution in [-0.4, -0.2) is 50.1 Å². The van der Waals surface area contributed by atoms with E-state index in [2.05, 4.69) is 15.2 Å². The molecule has 2 aromatic rings. The number of nitrogens with one attached hydrogen (secondary N) is 2. The molecule has 0 aliphatic rings. The third-order valence-electron chi connectivity index (χ3n) is 3.56. The molecule has 0 aliphatic carbocycles. The molecule has 1 aromatic carbocycles. The van der Waals surface area contributed by atoms with E-state index in [4.69, 9.17) is 4.74 Å². The monoisotopic (exact) mass is 289 g/mol. The van der Waals surface area contributed by atoms with Crippen LogP contribution in [-0.2, 0) is 0 Å². The van der Waals surface area contributed by atoms with Gasteiger partial charge in [-0.1, -0.05) is 0 Å². The Bertz CT molecular complexity index is 632. The number of aromatic amines is 1. The highest BCUT2D eigenvalue weighted by molar-refractivity contribution is 6.01. The average molecular weight is 289 g/mol.